The van der Waals surface area contributed by atoms with Gasteiger partial charge in [0.1, 0.15) is 0 Å². The molecule has 1 unspecified atom stereocenters. The second kappa shape index (κ2) is 6.55. The minimum absolute atomic E-state index is 0.484. The zero-order valence-electron chi connectivity index (χ0n) is 16.2. The summed E-state index contributed by atoms with van der Waals surface area (Å²) in [5.41, 5.74) is 6.66. The van der Waals surface area contributed by atoms with E-state index >= 15 is 0 Å². The Bertz CT molecular complexity index is 1350. The Kier molecular flexibility index (Phi) is 3.81. The lowest BCUT2D eigenvalue weighted by Gasteiger charge is -2.32. The number of hydrogen-bond donors (Lipinski definition) is 0. The van der Waals surface area contributed by atoms with E-state index in [1.807, 2.05) is 18.3 Å². The van der Waals surface area contributed by atoms with E-state index < -0.39 is 5.41 Å². The van der Waals surface area contributed by atoms with Crippen molar-refractivity contribution in [1.29, 1.82) is 0 Å². The highest BCUT2D eigenvalue weighted by atomic mass is 35.5. The topological polar surface area (TPSA) is 12.9 Å². The Morgan fingerprint density at radius 2 is 1.43 bits per heavy atom. The standard InChI is InChI=1S/C28H18ClN/c29-21-14-16-24-23(18-21)27-22-11-5-4-8-19(22)13-15-25(27)28(24,20-9-2-1-3-10-20)26-12-6-7-17-30-26/h1-18H. The monoisotopic (exact) mass is 403 g/mol. The average molecular weight is 404 g/mol. The zero-order valence-corrected chi connectivity index (χ0v) is 17.0. The maximum Gasteiger partial charge on any atom is 0.0886 e. The second-order valence-electron chi connectivity index (χ2n) is 7.73. The Morgan fingerprint density at radius 3 is 2.27 bits per heavy atom. The van der Waals surface area contributed by atoms with Gasteiger partial charge in [0.25, 0.3) is 0 Å². The Balaban J connectivity index is 1.86. The summed E-state index contributed by atoms with van der Waals surface area (Å²) in [4.78, 5) is 4.88. The summed E-state index contributed by atoms with van der Waals surface area (Å²) in [5.74, 6) is 0. The van der Waals surface area contributed by atoms with Crippen LogP contribution in [0.4, 0.5) is 0 Å². The summed E-state index contributed by atoms with van der Waals surface area (Å²) in [7, 11) is 0. The molecule has 0 saturated carbocycles. The summed E-state index contributed by atoms with van der Waals surface area (Å²) in [6.07, 6.45) is 1.88. The molecule has 1 aromatic heterocycles. The molecule has 1 aliphatic rings. The minimum Gasteiger partial charge on any atom is -0.260 e. The van der Waals surface area contributed by atoms with E-state index in [0.29, 0.717) is 0 Å². The van der Waals surface area contributed by atoms with Crippen molar-refractivity contribution in [2.24, 2.45) is 0 Å². The molecule has 4 aromatic carbocycles. The lowest BCUT2D eigenvalue weighted by Crippen LogP contribution is -2.29. The first-order valence-electron chi connectivity index (χ1n) is 10.1. The summed E-state index contributed by atoms with van der Waals surface area (Å²) in [6, 6.07) is 36.2. The number of benzene rings is 4. The van der Waals surface area contributed by atoms with Crippen molar-refractivity contribution in [3.63, 3.8) is 0 Å². The van der Waals surface area contributed by atoms with Crippen LogP contribution in [-0.2, 0) is 5.41 Å². The van der Waals surface area contributed by atoms with E-state index in [1.165, 1.54) is 38.6 Å². The van der Waals surface area contributed by atoms with Gasteiger partial charge in [-0.25, -0.2) is 0 Å². The van der Waals surface area contributed by atoms with Gasteiger partial charge in [0, 0.05) is 11.2 Å². The zero-order chi connectivity index (χ0) is 20.1. The highest BCUT2D eigenvalue weighted by molar-refractivity contribution is 6.31. The fraction of sp³-hybridized carbons (Fsp3) is 0.0357. The van der Waals surface area contributed by atoms with Crippen LogP contribution in [0.2, 0.25) is 5.02 Å². The molecule has 6 rings (SSSR count). The van der Waals surface area contributed by atoms with Crippen molar-refractivity contribution in [1.82, 2.24) is 4.98 Å². The van der Waals surface area contributed by atoms with Gasteiger partial charge in [0.05, 0.1) is 11.1 Å². The fourth-order valence-electron chi connectivity index (χ4n) is 5.08. The summed E-state index contributed by atoms with van der Waals surface area (Å²) >= 11 is 6.51. The van der Waals surface area contributed by atoms with E-state index in [-0.39, 0.29) is 0 Å². The van der Waals surface area contributed by atoms with Crippen LogP contribution in [0.1, 0.15) is 22.4 Å². The first-order valence-corrected chi connectivity index (χ1v) is 10.5. The molecule has 142 valence electrons. The number of halogens is 1. The fourth-order valence-corrected chi connectivity index (χ4v) is 5.25. The molecule has 1 heterocycles. The molecule has 2 heteroatoms. The smallest absolute Gasteiger partial charge is 0.0886 e. The molecular weight excluding hydrogens is 386 g/mol. The van der Waals surface area contributed by atoms with E-state index in [1.54, 1.807) is 0 Å². The van der Waals surface area contributed by atoms with E-state index in [2.05, 4.69) is 91.0 Å². The van der Waals surface area contributed by atoms with Crippen LogP contribution in [0.3, 0.4) is 0 Å². The number of nitrogens with zero attached hydrogens (tertiary/aromatic N) is 1. The molecule has 0 bridgehead atoms. The van der Waals surface area contributed by atoms with Crippen molar-refractivity contribution in [2.45, 2.75) is 5.41 Å². The molecule has 1 atom stereocenters. The highest BCUT2D eigenvalue weighted by Gasteiger charge is 2.47. The van der Waals surface area contributed by atoms with Gasteiger partial charge in [-0.1, -0.05) is 90.5 Å². The lowest BCUT2D eigenvalue weighted by atomic mass is 9.69. The maximum absolute atomic E-state index is 6.51. The highest BCUT2D eigenvalue weighted by Crippen LogP contribution is 2.57. The first-order chi connectivity index (χ1) is 14.8. The van der Waals surface area contributed by atoms with Gasteiger partial charge in [0.2, 0.25) is 0 Å². The summed E-state index contributed by atoms with van der Waals surface area (Å²) in [5, 5.41) is 3.22. The van der Waals surface area contributed by atoms with Crippen molar-refractivity contribution in [3.8, 4) is 11.1 Å². The molecule has 5 aromatic rings. The molecule has 0 N–H and O–H groups in total. The predicted molar refractivity (Wildman–Crippen MR) is 124 cm³/mol. The number of aromatic nitrogens is 1. The van der Waals surface area contributed by atoms with Gasteiger partial charge < -0.3 is 0 Å². The SMILES string of the molecule is Clc1ccc2c(c1)-c1c(ccc3ccccc13)C2(c1ccccc1)c1ccccn1. The van der Waals surface area contributed by atoms with Crippen LogP contribution in [0.15, 0.2) is 109 Å². The Hall–Kier alpha value is -3.42. The van der Waals surface area contributed by atoms with Gasteiger partial charge in [-0.2, -0.15) is 0 Å². The van der Waals surface area contributed by atoms with Crippen LogP contribution in [0.5, 0.6) is 0 Å². The van der Waals surface area contributed by atoms with E-state index in [4.69, 9.17) is 16.6 Å². The Labute approximate surface area is 180 Å². The lowest BCUT2D eigenvalue weighted by molar-refractivity contribution is 0.735. The largest absolute Gasteiger partial charge is 0.260 e. The molecule has 0 aliphatic heterocycles. The van der Waals surface area contributed by atoms with Gasteiger partial charge in [-0.3, -0.25) is 4.98 Å². The number of rotatable bonds is 2. The molecule has 0 saturated heterocycles. The van der Waals surface area contributed by atoms with Crippen molar-refractivity contribution < 1.29 is 0 Å². The molecule has 0 amide bonds. The van der Waals surface area contributed by atoms with Crippen LogP contribution in [-0.4, -0.2) is 4.98 Å². The van der Waals surface area contributed by atoms with Gasteiger partial charge in [-0.05, 0) is 62.9 Å². The van der Waals surface area contributed by atoms with Crippen molar-refractivity contribution >= 4 is 22.4 Å². The third-order valence-corrected chi connectivity index (χ3v) is 6.48. The minimum atomic E-state index is -0.484. The third-order valence-electron chi connectivity index (χ3n) is 6.24. The molecule has 30 heavy (non-hydrogen) atoms. The summed E-state index contributed by atoms with van der Waals surface area (Å²) in [6.45, 7) is 0. The van der Waals surface area contributed by atoms with E-state index in [9.17, 15) is 0 Å². The van der Waals surface area contributed by atoms with Gasteiger partial charge >= 0.3 is 0 Å². The predicted octanol–water partition coefficient (Wildman–Crippen LogP) is 7.25. The molecule has 1 aliphatic carbocycles. The number of fused-ring (bicyclic) bond motifs is 5. The van der Waals surface area contributed by atoms with Crippen LogP contribution in [0.25, 0.3) is 21.9 Å². The number of pyridine rings is 1. The van der Waals surface area contributed by atoms with E-state index in [0.717, 1.165) is 10.7 Å². The summed E-state index contributed by atoms with van der Waals surface area (Å²) < 4.78 is 0. The van der Waals surface area contributed by atoms with Crippen molar-refractivity contribution in [3.05, 3.63) is 137 Å². The quantitative estimate of drug-likeness (QED) is 0.296. The molecule has 0 spiro atoms. The number of hydrogen-bond acceptors (Lipinski definition) is 1. The van der Waals surface area contributed by atoms with Gasteiger partial charge in [0.15, 0.2) is 0 Å². The van der Waals surface area contributed by atoms with Crippen molar-refractivity contribution in [2.75, 3.05) is 0 Å². The van der Waals surface area contributed by atoms with Crippen LogP contribution < -0.4 is 0 Å². The Morgan fingerprint density at radius 1 is 0.667 bits per heavy atom. The molecule has 0 fully saturated rings. The third kappa shape index (κ3) is 2.27. The molecule has 0 radical (unpaired) electrons. The van der Waals surface area contributed by atoms with Gasteiger partial charge in [-0.15, -0.1) is 0 Å². The molecular formula is C28H18ClN. The van der Waals surface area contributed by atoms with Crippen LogP contribution in [0, 0.1) is 0 Å². The maximum atomic E-state index is 6.51. The van der Waals surface area contributed by atoms with Crippen LogP contribution >= 0.6 is 11.6 Å². The second-order valence-corrected chi connectivity index (χ2v) is 8.17. The molecule has 1 nitrogen and oxygen atoms in total. The normalized spacial score (nSPS) is 17.0. The average Bonchev–Trinajstić information content (AvgIpc) is 3.11. The first kappa shape index (κ1) is 17.4.